The van der Waals surface area contributed by atoms with E-state index >= 15 is 0 Å². The van der Waals surface area contributed by atoms with E-state index in [9.17, 15) is 13.6 Å². The van der Waals surface area contributed by atoms with Gasteiger partial charge in [0.2, 0.25) is 0 Å². The summed E-state index contributed by atoms with van der Waals surface area (Å²) < 4.78 is 29.0. The lowest BCUT2D eigenvalue weighted by Crippen LogP contribution is -2.20. The van der Waals surface area contributed by atoms with Gasteiger partial charge in [-0.05, 0) is 32.4 Å². The number of nitrogens with one attached hydrogen (secondary N) is 1. The molecule has 1 amide bonds. The molecule has 1 aromatic carbocycles. The number of carbonyl (C=O) groups excluding carboxylic acids is 1. The zero-order valence-electron chi connectivity index (χ0n) is 12.0. The first-order valence-corrected chi connectivity index (χ1v) is 6.45. The van der Waals surface area contributed by atoms with Gasteiger partial charge in [0, 0.05) is 6.54 Å². The summed E-state index contributed by atoms with van der Waals surface area (Å²) in [6.45, 7) is 5.35. The standard InChI is InChI=1S/C14H16F2N4O/c1-4-20-13(11(17)8(3)19-20)14(21)18-12-9(15)6-5-7(2)10(12)16/h5-6H,4,17H2,1-3H3,(H,18,21). The molecule has 0 saturated carbocycles. The van der Waals surface area contributed by atoms with Gasteiger partial charge in [0.1, 0.15) is 17.2 Å². The molecular weight excluding hydrogens is 278 g/mol. The van der Waals surface area contributed by atoms with Gasteiger partial charge in [-0.3, -0.25) is 9.48 Å². The average Bonchev–Trinajstić information content (AvgIpc) is 2.74. The third-order valence-corrected chi connectivity index (χ3v) is 3.21. The summed E-state index contributed by atoms with van der Waals surface area (Å²) >= 11 is 0. The molecule has 7 heteroatoms. The van der Waals surface area contributed by atoms with Crippen molar-refractivity contribution >= 4 is 17.3 Å². The molecular formula is C14H16F2N4O. The number of aromatic nitrogens is 2. The van der Waals surface area contributed by atoms with Gasteiger partial charge in [0.15, 0.2) is 5.82 Å². The van der Waals surface area contributed by atoms with Crippen molar-refractivity contribution in [2.24, 2.45) is 0 Å². The lowest BCUT2D eigenvalue weighted by atomic mass is 10.2. The van der Waals surface area contributed by atoms with Gasteiger partial charge in [-0.2, -0.15) is 5.10 Å². The molecule has 112 valence electrons. The summed E-state index contributed by atoms with van der Waals surface area (Å²) in [5.41, 5.74) is 6.34. The lowest BCUT2D eigenvalue weighted by Gasteiger charge is -2.10. The number of halogens is 2. The normalized spacial score (nSPS) is 10.7. The maximum atomic E-state index is 13.9. The number of hydrogen-bond acceptors (Lipinski definition) is 3. The largest absolute Gasteiger partial charge is 0.395 e. The first kappa shape index (κ1) is 15.0. The quantitative estimate of drug-likeness (QED) is 0.914. The molecule has 1 heterocycles. The molecule has 0 fully saturated rings. The summed E-state index contributed by atoms with van der Waals surface area (Å²) in [5, 5.41) is 6.33. The van der Waals surface area contributed by atoms with Crippen molar-refractivity contribution in [3.05, 3.63) is 40.7 Å². The minimum atomic E-state index is -0.843. The Morgan fingerprint density at radius 3 is 2.67 bits per heavy atom. The van der Waals surface area contributed by atoms with Gasteiger partial charge < -0.3 is 11.1 Å². The van der Waals surface area contributed by atoms with E-state index in [4.69, 9.17) is 5.73 Å². The van der Waals surface area contributed by atoms with Crippen LogP contribution in [-0.4, -0.2) is 15.7 Å². The van der Waals surface area contributed by atoms with E-state index in [1.165, 1.54) is 17.7 Å². The Balaban J connectivity index is 2.42. The molecule has 2 rings (SSSR count). The van der Waals surface area contributed by atoms with Crippen LogP contribution in [0.2, 0.25) is 0 Å². The fourth-order valence-electron chi connectivity index (χ4n) is 2.01. The van der Waals surface area contributed by atoms with Crippen LogP contribution in [-0.2, 0) is 6.54 Å². The molecule has 0 saturated heterocycles. The number of nitrogens with two attached hydrogens (primary N) is 1. The Morgan fingerprint density at radius 2 is 2.05 bits per heavy atom. The Morgan fingerprint density at radius 1 is 1.38 bits per heavy atom. The van der Waals surface area contributed by atoms with Crippen molar-refractivity contribution in [3.8, 4) is 0 Å². The number of carbonyl (C=O) groups is 1. The van der Waals surface area contributed by atoms with Gasteiger partial charge in [-0.25, -0.2) is 8.78 Å². The predicted octanol–water partition coefficient (Wildman–Crippen LogP) is 2.63. The van der Waals surface area contributed by atoms with Crippen molar-refractivity contribution in [1.29, 1.82) is 0 Å². The molecule has 1 aromatic heterocycles. The second kappa shape index (κ2) is 5.51. The number of rotatable bonds is 3. The van der Waals surface area contributed by atoms with Gasteiger partial charge in [-0.15, -0.1) is 0 Å². The van der Waals surface area contributed by atoms with Crippen LogP contribution in [0.5, 0.6) is 0 Å². The molecule has 0 radical (unpaired) electrons. The smallest absolute Gasteiger partial charge is 0.276 e. The number of hydrogen-bond donors (Lipinski definition) is 2. The second-order valence-electron chi connectivity index (χ2n) is 4.67. The fraction of sp³-hybridized carbons (Fsp3) is 0.286. The average molecular weight is 294 g/mol. The van der Waals surface area contributed by atoms with Gasteiger partial charge >= 0.3 is 0 Å². The highest BCUT2D eigenvalue weighted by Crippen LogP contribution is 2.24. The molecule has 5 nitrogen and oxygen atoms in total. The Kier molecular flexibility index (Phi) is 3.93. The minimum absolute atomic E-state index is 0.0929. The lowest BCUT2D eigenvalue weighted by molar-refractivity contribution is 0.101. The summed E-state index contributed by atoms with van der Waals surface area (Å²) in [5.74, 6) is -2.34. The molecule has 0 atom stereocenters. The molecule has 0 aliphatic rings. The van der Waals surface area contributed by atoms with Crippen LogP contribution >= 0.6 is 0 Å². The molecule has 0 spiro atoms. The maximum absolute atomic E-state index is 13.9. The molecule has 0 aliphatic carbocycles. The number of amides is 1. The third-order valence-electron chi connectivity index (χ3n) is 3.21. The zero-order chi connectivity index (χ0) is 15.7. The van der Waals surface area contributed by atoms with E-state index in [2.05, 4.69) is 10.4 Å². The summed E-state index contributed by atoms with van der Waals surface area (Å²) in [7, 11) is 0. The minimum Gasteiger partial charge on any atom is -0.395 e. The number of nitrogens with zero attached hydrogens (tertiary/aromatic N) is 2. The first-order valence-electron chi connectivity index (χ1n) is 6.45. The fourth-order valence-corrected chi connectivity index (χ4v) is 2.01. The van der Waals surface area contributed by atoms with Crippen molar-refractivity contribution < 1.29 is 13.6 Å². The Hall–Kier alpha value is -2.44. The monoisotopic (exact) mass is 294 g/mol. The van der Waals surface area contributed by atoms with Crippen LogP contribution in [0.3, 0.4) is 0 Å². The number of benzene rings is 1. The van der Waals surface area contributed by atoms with Crippen molar-refractivity contribution in [2.75, 3.05) is 11.1 Å². The van der Waals surface area contributed by atoms with Crippen molar-refractivity contribution in [1.82, 2.24) is 9.78 Å². The van der Waals surface area contributed by atoms with Crippen LogP contribution in [0.1, 0.15) is 28.7 Å². The highest BCUT2D eigenvalue weighted by atomic mass is 19.1. The van der Waals surface area contributed by atoms with Crippen molar-refractivity contribution in [2.45, 2.75) is 27.3 Å². The summed E-state index contributed by atoms with van der Waals surface area (Å²) in [6, 6.07) is 2.40. The summed E-state index contributed by atoms with van der Waals surface area (Å²) in [6.07, 6.45) is 0. The van der Waals surface area contributed by atoms with Gasteiger partial charge in [-0.1, -0.05) is 6.07 Å². The predicted molar refractivity (Wildman–Crippen MR) is 76.1 cm³/mol. The van der Waals surface area contributed by atoms with E-state index in [0.29, 0.717) is 12.2 Å². The highest BCUT2D eigenvalue weighted by molar-refractivity contribution is 6.07. The number of anilines is 2. The molecule has 0 aliphatic heterocycles. The first-order chi connectivity index (χ1) is 9.86. The highest BCUT2D eigenvalue weighted by Gasteiger charge is 2.22. The summed E-state index contributed by atoms with van der Waals surface area (Å²) in [4.78, 5) is 12.3. The topological polar surface area (TPSA) is 72.9 Å². The van der Waals surface area contributed by atoms with E-state index in [0.717, 1.165) is 6.07 Å². The van der Waals surface area contributed by atoms with Crippen LogP contribution in [0.4, 0.5) is 20.2 Å². The van der Waals surface area contributed by atoms with Crippen LogP contribution < -0.4 is 11.1 Å². The van der Waals surface area contributed by atoms with Crippen molar-refractivity contribution in [3.63, 3.8) is 0 Å². The van der Waals surface area contributed by atoms with Crippen LogP contribution in [0.15, 0.2) is 12.1 Å². The Labute approximate surface area is 120 Å². The Bertz CT molecular complexity index is 709. The van der Waals surface area contributed by atoms with E-state index in [1.807, 2.05) is 0 Å². The molecule has 0 unspecified atom stereocenters. The third kappa shape index (κ3) is 2.58. The van der Waals surface area contributed by atoms with Gasteiger partial charge in [0.25, 0.3) is 5.91 Å². The van der Waals surface area contributed by atoms with Crippen LogP contribution in [0, 0.1) is 25.5 Å². The molecule has 2 aromatic rings. The van der Waals surface area contributed by atoms with Gasteiger partial charge in [0.05, 0.1) is 11.4 Å². The number of nitrogen functional groups attached to an aromatic ring is 1. The van der Waals surface area contributed by atoms with E-state index in [-0.39, 0.29) is 16.9 Å². The second-order valence-corrected chi connectivity index (χ2v) is 4.67. The molecule has 3 N–H and O–H groups in total. The SMILES string of the molecule is CCn1nc(C)c(N)c1C(=O)Nc1c(F)ccc(C)c1F. The van der Waals surface area contributed by atoms with Crippen LogP contribution in [0.25, 0.3) is 0 Å². The zero-order valence-corrected chi connectivity index (χ0v) is 12.0. The van der Waals surface area contributed by atoms with E-state index < -0.39 is 23.2 Å². The number of aryl methyl sites for hydroxylation is 3. The molecule has 0 bridgehead atoms. The van der Waals surface area contributed by atoms with E-state index in [1.54, 1.807) is 13.8 Å². The molecule has 21 heavy (non-hydrogen) atoms. The maximum Gasteiger partial charge on any atom is 0.276 e.